The second kappa shape index (κ2) is 15.6. The molecule has 2 aliphatic heterocycles. The molecule has 4 heteroatoms. The van der Waals surface area contributed by atoms with Gasteiger partial charge < -0.3 is 14.7 Å². The highest BCUT2D eigenvalue weighted by molar-refractivity contribution is 7.99. The number of hydrogen-bond acceptors (Lipinski definition) is 4. The molecule has 10 aromatic carbocycles. The average molecular weight is 824 g/mol. The zero-order chi connectivity index (χ0) is 41.7. The summed E-state index contributed by atoms with van der Waals surface area (Å²) in [5.74, 6) is 0. The Balaban J connectivity index is 0.892. The van der Waals surface area contributed by atoms with Crippen LogP contribution in [-0.2, 0) is 6.42 Å². The van der Waals surface area contributed by atoms with E-state index >= 15 is 0 Å². The van der Waals surface area contributed by atoms with Gasteiger partial charge in [0.1, 0.15) is 0 Å². The zero-order valence-corrected chi connectivity index (χ0v) is 35.3. The smallest absolute Gasteiger partial charge is 0.0601 e. The maximum atomic E-state index is 2.41. The van der Waals surface area contributed by atoms with Gasteiger partial charge in [-0.05, 0) is 141 Å². The van der Waals surface area contributed by atoms with Gasteiger partial charge in [-0.2, -0.15) is 0 Å². The molecule has 0 saturated carbocycles. The van der Waals surface area contributed by atoms with E-state index in [1.54, 1.807) is 0 Å². The van der Waals surface area contributed by atoms with Crippen molar-refractivity contribution < 1.29 is 0 Å². The van der Waals surface area contributed by atoms with E-state index in [4.69, 9.17) is 0 Å². The molecule has 0 saturated heterocycles. The molecule has 0 atom stereocenters. The van der Waals surface area contributed by atoms with Crippen LogP contribution in [0.3, 0.4) is 0 Å². The molecule has 0 unspecified atom stereocenters. The summed E-state index contributed by atoms with van der Waals surface area (Å²) in [4.78, 5) is 9.70. The van der Waals surface area contributed by atoms with Crippen LogP contribution < -0.4 is 14.7 Å². The Morgan fingerprint density at radius 3 is 1.32 bits per heavy atom. The highest BCUT2D eigenvalue weighted by atomic mass is 32.2. The Morgan fingerprint density at radius 2 is 0.762 bits per heavy atom. The summed E-state index contributed by atoms with van der Waals surface area (Å²) in [6.45, 7) is 0. The van der Waals surface area contributed by atoms with Crippen LogP contribution in [0.25, 0.3) is 33.0 Å². The molecule has 10 aromatic rings. The van der Waals surface area contributed by atoms with Crippen LogP contribution in [-0.4, -0.2) is 0 Å². The number of rotatable bonds is 7. The van der Waals surface area contributed by atoms with Crippen molar-refractivity contribution >= 4 is 73.7 Å². The highest BCUT2D eigenvalue weighted by Gasteiger charge is 2.26. The lowest BCUT2D eigenvalue weighted by Gasteiger charge is -2.33. The summed E-state index contributed by atoms with van der Waals surface area (Å²) in [6.07, 6.45) is 0.941. The molecule has 298 valence electrons. The van der Waals surface area contributed by atoms with Crippen LogP contribution in [0.5, 0.6) is 0 Å². The summed E-state index contributed by atoms with van der Waals surface area (Å²) < 4.78 is 0. The number of fused-ring (bicyclic) bond motifs is 5. The monoisotopic (exact) mass is 823 g/mol. The molecule has 63 heavy (non-hydrogen) atoms. The van der Waals surface area contributed by atoms with E-state index in [1.807, 2.05) is 11.8 Å². The Hall–Kier alpha value is -7.79. The van der Waals surface area contributed by atoms with E-state index in [0.717, 1.165) is 34.9 Å². The predicted molar refractivity (Wildman–Crippen MR) is 266 cm³/mol. The van der Waals surface area contributed by atoms with Crippen molar-refractivity contribution in [3.63, 3.8) is 0 Å². The predicted octanol–water partition coefficient (Wildman–Crippen LogP) is 17.0. The molecule has 0 N–H and O–H groups in total. The number of para-hydroxylation sites is 4. The molecular formula is C59H41N3S. The van der Waals surface area contributed by atoms with E-state index in [1.165, 1.54) is 76.7 Å². The van der Waals surface area contributed by atoms with Crippen molar-refractivity contribution in [1.29, 1.82) is 0 Å². The molecule has 0 bridgehead atoms. The average Bonchev–Trinajstić information content (AvgIpc) is 3.35. The number of benzene rings is 10. The minimum atomic E-state index is 0.941. The van der Waals surface area contributed by atoms with Crippen LogP contribution in [0.4, 0.5) is 51.2 Å². The summed E-state index contributed by atoms with van der Waals surface area (Å²) in [5, 5.41) is 2.44. The first-order valence-corrected chi connectivity index (χ1v) is 22.4. The lowest BCUT2D eigenvalue weighted by atomic mass is 9.94. The second-order valence-corrected chi connectivity index (χ2v) is 17.3. The number of nitrogens with zero attached hydrogens (tertiary/aromatic N) is 3. The van der Waals surface area contributed by atoms with Gasteiger partial charge in [-0.3, -0.25) is 0 Å². The molecule has 12 rings (SSSR count). The summed E-state index contributed by atoms with van der Waals surface area (Å²) in [6, 6.07) is 86.2. The first-order chi connectivity index (χ1) is 31.2. The lowest BCUT2D eigenvalue weighted by molar-refractivity contribution is 1.09. The van der Waals surface area contributed by atoms with Gasteiger partial charge in [0.15, 0.2) is 0 Å². The minimum absolute atomic E-state index is 0.941. The maximum absolute atomic E-state index is 2.41. The van der Waals surface area contributed by atoms with E-state index in [2.05, 4.69) is 251 Å². The van der Waals surface area contributed by atoms with Crippen molar-refractivity contribution in [3.05, 3.63) is 248 Å². The van der Waals surface area contributed by atoms with Gasteiger partial charge in [0.25, 0.3) is 0 Å². The number of hydrogen-bond donors (Lipinski definition) is 0. The quantitative estimate of drug-likeness (QED) is 0.158. The molecule has 2 aliphatic rings. The maximum Gasteiger partial charge on any atom is 0.0601 e. The van der Waals surface area contributed by atoms with Gasteiger partial charge in [-0.1, -0.05) is 151 Å². The van der Waals surface area contributed by atoms with Gasteiger partial charge in [0.2, 0.25) is 0 Å². The molecule has 0 aromatic heterocycles. The molecule has 0 spiro atoms. The Morgan fingerprint density at radius 1 is 0.317 bits per heavy atom. The van der Waals surface area contributed by atoms with Crippen molar-refractivity contribution in [2.75, 3.05) is 14.7 Å². The topological polar surface area (TPSA) is 9.72 Å². The summed E-state index contributed by atoms with van der Waals surface area (Å²) >= 11 is 1.84. The lowest BCUT2D eigenvalue weighted by Crippen LogP contribution is -2.18. The van der Waals surface area contributed by atoms with Crippen molar-refractivity contribution in [2.45, 2.75) is 16.2 Å². The van der Waals surface area contributed by atoms with Crippen molar-refractivity contribution in [2.24, 2.45) is 0 Å². The summed E-state index contributed by atoms with van der Waals surface area (Å²) in [7, 11) is 0. The minimum Gasteiger partial charge on any atom is -0.310 e. The van der Waals surface area contributed by atoms with Crippen LogP contribution >= 0.6 is 11.8 Å². The molecule has 0 aliphatic carbocycles. The van der Waals surface area contributed by atoms with E-state index in [0.29, 0.717) is 0 Å². The van der Waals surface area contributed by atoms with E-state index in [-0.39, 0.29) is 0 Å². The fraction of sp³-hybridized carbons (Fsp3) is 0.0169. The third-order valence-corrected chi connectivity index (χ3v) is 13.5. The zero-order valence-electron chi connectivity index (χ0n) is 34.5. The van der Waals surface area contributed by atoms with Gasteiger partial charge in [0.05, 0.1) is 11.4 Å². The SMILES string of the molecule is c1cc(-c2ccc(N(c3ccc(-c4cccc(N5c6ccccc6Sc6ccccc65)c4)cc3)c3ccc4ccccc4c3)cc2)cc(N2c3ccccc3Cc3ccccc32)c1. The van der Waals surface area contributed by atoms with Crippen LogP contribution in [0.2, 0.25) is 0 Å². The van der Waals surface area contributed by atoms with Gasteiger partial charge in [-0.25, -0.2) is 0 Å². The van der Waals surface area contributed by atoms with Gasteiger partial charge >= 0.3 is 0 Å². The first-order valence-electron chi connectivity index (χ1n) is 21.5. The molecule has 2 heterocycles. The number of anilines is 9. The standard InChI is InChI=1S/C59H41N3S/c1-2-14-44-40-53(36-31-41(44)13-1)60(49-32-27-42(28-33-49)45-17-11-19-51(38-45)61-54-21-5-3-15-47(54)37-48-16-4-6-22-55(48)61)50-34-29-43(30-35-50)46-18-12-20-52(39-46)62-56-23-7-9-25-58(56)63-59-26-10-8-24-57(59)62/h1-36,38-40H,37H2. The second-order valence-electron chi connectivity index (χ2n) is 16.2. The van der Waals surface area contributed by atoms with Gasteiger partial charge in [0, 0.05) is 56.0 Å². The third-order valence-electron chi connectivity index (χ3n) is 12.4. The van der Waals surface area contributed by atoms with Crippen LogP contribution in [0, 0.1) is 0 Å². The molecular weight excluding hydrogens is 783 g/mol. The van der Waals surface area contributed by atoms with Gasteiger partial charge in [-0.15, -0.1) is 0 Å². The Labute approximate surface area is 372 Å². The van der Waals surface area contributed by atoms with E-state index in [9.17, 15) is 0 Å². The molecule has 0 amide bonds. The van der Waals surface area contributed by atoms with Crippen molar-refractivity contribution in [1.82, 2.24) is 0 Å². The first kappa shape index (κ1) is 37.0. The largest absolute Gasteiger partial charge is 0.310 e. The van der Waals surface area contributed by atoms with Crippen LogP contribution in [0.1, 0.15) is 11.1 Å². The third kappa shape index (κ3) is 6.73. The fourth-order valence-electron chi connectivity index (χ4n) is 9.37. The van der Waals surface area contributed by atoms with Crippen LogP contribution in [0.15, 0.2) is 246 Å². The summed E-state index contributed by atoms with van der Waals surface area (Å²) in [5.41, 5.74) is 17.9. The fourth-order valence-corrected chi connectivity index (χ4v) is 10.4. The molecule has 0 fully saturated rings. The Bertz CT molecular complexity index is 3040. The molecule has 0 radical (unpaired) electrons. The van der Waals surface area contributed by atoms with Crippen molar-refractivity contribution in [3.8, 4) is 22.3 Å². The Kier molecular flexibility index (Phi) is 9.16. The normalized spacial score (nSPS) is 12.6. The highest BCUT2D eigenvalue weighted by Crippen LogP contribution is 2.52. The molecule has 3 nitrogen and oxygen atoms in total. The van der Waals surface area contributed by atoms with E-state index < -0.39 is 0 Å².